The standard InChI is InChI=1S/C19H18N2/c1-2-8-16-14(5-1)6-3-9-18(16)21-19-10-4-7-15-13-20-12-11-17(15)19/h1-2,4-5,7-8,10-13,18,21H,3,6,9H2. The van der Waals surface area contributed by atoms with Crippen molar-refractivity contribution in [3.63, 3.8) is 0 Å². The molecule has 3 aromatic rings. The van der Waals surface area contributed by atoms with E-state index in [1.165, 1.54) is 46.8 Å². The number of pyridine rings is 1. The Morgan fingerprint density at radius 2 is 1.95 bits per heavy atom. The molecule has 1 N–H and O–H groups in total. The van der Waals surface area contributed by atoms with Crippen molar-refractivity contribution in [2.45, 2.75) is 25.3 Å². The first-order valence-corrected chi connectivity index (χ1v) is 7.59. The summed E-state index contributed by atoms with van der Waals surface area (Å²) in [5.74, 6) is 0. The average Bonchev–Trinajstić information content (AvgIpc) is 2.56. The predicted molar refractivity (Wildman–Crippen MR) is 87.5 cm³/mol. The van der Waals surface area contributed by atoms with Crippen molar-refractivity contribution in [3.05, 3.63) is 72.1 Å². The van der Waals surface area contributed by atoms with Gasteiger partial charge >= 0.3 is 0 Å². The minimum atomic E-state index is 0.411. The van der Waals surface area contributed by atoms with Crippen molar-refractivity contribution in [1.29, 1.82) is 0 Å². The largest absolute Gasteiger partial charge is 0.378 e. The zero-order chi connectivity index (χ0) is 14.1. The number of nitrogens with one attached hydrogen (secondary N) is 1. The van der Waals surface area contributed by atoms with E-state index in [4.69, 9.17) is 0 Å². The van der Waals surface area contributed by atoms with Gasteiger partial charge in [-0.1, -0.05) is 36.4 Å². The lowest BCUT2D eigenvalue weighted by molar-refractivity contribution is 0.601. The number of anilines is 1. The van der Waals surface area contributed by atoms with Crippen LogP contribution in [0.25, 0.3) is 10.8 Å². The number of nitrogens with zero attached hydrogens (tertiary/aromatic N) is 1. The Kier molecular flexibility index (Phi) is 3.07. The Labute approximate surface area is 124 Å². The highest BCUT2D eigenvalue weighted by atomic mass is 14.9. The lowest BCUT2D eigenvalue weighted by atomic mass is 9.87. The SMILES string of the molecule is c1ccc2c(c1)CCCC2Nc1cccc2cnccc12. The number of benzene rings is 2. The molecule has 21 heavy (non-hydrogen) atoms. The van der Waals surface area contributed by atoms with Crippen LogP contribution in [0, 0.1) is 0 Å². The molecule has 2 heteroatoms. The van der Waals surface area contributed by atoms with Crippen molar-refractivity contribution in [2.75, 3.05) is 5.32 Å². The third-order valence-corrected chi connectivity index (χ3v) is 4.38. The van der Waals surface area contributed by atoms with Crippen molar-refractivity contribution in [3.8, 4) is 0 Å². The molecule has 1 unspecified atom stereocenters. The quantitative estimate of drug-likeness (QED) is 0.731. The first-order valence-electron chi connectivity index (χ1n) is 7.59. The molecule has 2 aromatic carbocycles. The highest BCUT2D eigenvalue weighted by molar-refractivity contribution is 5.93. The lowest BCUT2D eigenvalue weighted by Crippen LogP contribution is -2.17. The average molecular weight is 274 g/mol. The van der Waals surface area contributed by atoms with Gasteiger partial charge < -0.3 is 5.32 Å². The van der Waals surface area contributed by atoms with Crippen molar-refractivity contribution < 1.29 is 0 Å². The molecule has 1 atom stereocenters. The molecule has 0 saturated carbocycles. The van der Waals surface area contributed by atoms with E-state index in [-0.39, 0.29) is 0 Å². The van der Waals surface area contributed by atoms with Crippen LogP contribution in [0.5, 0.6) is 0 Å². The summed E-state index contributed by atoms with van der Waals surface area (Å²) in [5, 5.41) is 6.18. The number of aryl methyl sites for hydroxylation is 1. The van der Waals surface area contributed by atoms with Gasteiger partial charge in [0.2, 0.25) is 0 Å². The molecule has 0 aliphatic heterocycles. The maximum Gasteiger partial charge on any atom is 0.0516 e. The van der Waals surface area contributed by atoms with Crippen LogP contribution in [-0.2, 0) is 6.42 Å². The van der Waals surface area contributed by atoms with E-state index in [1.54, 1.807) is 0 Å². The molecule has 0 fully saturated rings. The fourth-order valence-electron chi connectivity index (χ4n) is 3.34. The number of aromatic nitrogens is 1. The highest BCUT2D eigenvalue weighted by Crippen LogP contribution is 2.34. The molecule has 0 bridgehead atoms. The number of hydrogen-bond acceptors (Lipinski definition) is 2. The third-order valence-electron chi connectivity index (χ3n) is 4.38. The lowest BCUT2D eigenvalue weighted by Gasteiger charge is -2.27. The second kappa shape index (κ2) is 5.21. The van der Waals surface area contributed by atoms with Gasteiger partial charge in [-0.25, -0.2) is 0 Å². The van der Waals surface area contributed by atoms with E-state index >= 15 is 0 Å². The Bertz CT molecular complexity index is 774. The minimum absolute atomic E-state index is 0.411. The number of hydrogen-bond donors (Lipinski definition) is 1. The first-order chi connectivity index (χ1) is 10.4. The summed E-state index contributed by atoms with van der Waals surface area (Å²) in [4.78, 5) is 4.21. The Morgan fingerprint density at radius 3 is 2.95 bits per heavy atom. The smallest absolute Gasteiger partial charge is 0.0516 e. The molecule has 1 heterocycles. The third kappa shape index (κ3) is 2.27. The molecule has 0 amide bonds. The Balaban J connectivity index is 1.73. The summed E-state index contributed by atoms with van der Waals surface area (Å²) in [5.41, 5.74) is 4.15. The highest BCUT2D eigenvalue weighted by Gasteiger charge is 2.19. The van der Waals surface area contributed by atoms with Gasteiger partial charge in [-0.2, -0.15) is 0 Å². The van der Waals surface area contributed by atoms with Gasteiger partial charge in [0.25, 0.3) is 0 Å². The molecule has 0 radical (unpaired) electrons. The maximum absolute atomic E-state index is 4.21. The van der Waals surface area contributed by atoms with Gasteiger partial charge in [-0.15, -0.1) is 0 Å². The number of fused-ring (bicyclic) bond motifs is 2. The van der Waals surface area contributed by atoms with E-state index in [0.29, 0.717) is 6.04 Å². The van der Waals surface area contributed by atoms with Crippen LogP contribution in [0.4, 0.5) is 5.69 Å². The normalized spacial score (nSPS) is 17.4. The van der Waals surface area contributed by atoms with Crippen LogP contribution >= 0.6 is 0 Å². The van der Waals surface area contributed by atoms with E-state index in [2.05, 4.69) is 58.8 Å². The van der Waals surface area contributed by atoms with Gasteiger partial charge in [0.15, 0.2) is 0 Å². The second-order valence-corrected chi connectivity index (χ2v) is 5.69. The topological polar surface area (TPSA) is 24.9 Å². The molecular weight excluding hydrogens is 256 g/mol. The summed E-state index contributed by atoms with van der Waals surface area (Å²) < 4.78 is 0. The van der Waals surface area contributed by atoms with Crippen LogP contribution in [0.2, 0.25) is 0 Å². The summed E-state index contributed by atoms with van der Waals surface area (Å²) in [6.07, 6.45) is 7.44. The minimum Gasteiger partial charge on any atom is -0.378 e. The van der Waals surface area contributed by atoms with Crippen LogP contribution in [0.1, 0.15) is 30.0 Å². The van der Waals surface area contributed by atoms with E-state index in [0.717, 1.165) is 0 Å². The first kappa shape index (κ1) is 12.4. The van der Waals surface area contributed by atoms with E-state index in [9.17, 15) is 0 Å². The van der Waals surface area contributed by atoms with E-state index < -0.39 is 0 Å². The number of rotatable bonds is 2. The fourth-order valence-corrected chi connectivity index (χ4v) is 3.34. The van der Waals surface area contributed by atoms with Gasteiger partial charge in [0, 0.05) is 28.9 Å². The van der Waals surface area contributed by atoms with Crippen LogP contribution in [0.15, 0.2) is 60.9 Å². The fraction of sp³-hybridized carbons (Fsp3) is 0.211. The molecule has 4 rings (SSSR count). The monoisotopic (exact) mass is 274 g/mol. The van der Waals surface area contributed by atoms with E-state index in [1.807, 2.05) is 12.4 Å². The van der Waals surface area contributed by atoms with Gasteiger partial charge in [-0.3, -0.25) is 4.98 Å². The van der Waals surface area contributed by atoms with Crippen LogP contribution < -0.4 is 5.32 Å². The molecule has 1 aliphatic rings. The summed E-state index contributed by atoms with van der Waals surface area (Å²) in [7, 11) is 0. The van der Waals surface area contributed by atoms with Crippen LogP contribution in [-0.4, -0.2) is 4.98 Å². The molecule has 104 valence electrons. The molecule has 1 aromatic heterocycles. The predicted octanol–water partition coefficient (Wildman–Crippen LogP) is 4.72. The zero-order valence-corrected chi connectivity index (χ0v) is 11.9. The molecular formula is C19H18N2. The summed E-state index contributed by atoms with van der Waals surface area (Å²) in [6, 6.07) is 17.7. The summed E-state index contributed by atoms with van der Waals surface area (Å²) >= 11 is 0. The van der Waals surface area contributed by atoms with Gasteiger partial charge in [-0.05, 0) is 42.5 Å². The van der Waals surface area contributed by atoms with Crippen molar-refractivity contribution in [1.82, 2.24) is 4.98 Å². The Morgan fingerprint density at radius 1 is 1.00 bits per heavy atom. The van der Waals surface area contributed by atoms with Crippen LogP contribution in [0.3, 0.4) is 0 Å². The maximum atomic E-state index is 4.21. The second-order valence-electron chi connectivity index (χ2n) is 5.69. The summed E-state index contributed by atoms with van der Waals surface area (Å²) in [6.45, 7) is 0. The molecule has 1 aliphatic carbocycles. The van der Waals surface area contributed by atoms with Gasteiger partial charge in [0.1, 0.15) is 0 Å². The molecule has 0 saturated heterocycles. The molecule has 2 nitrogen and oxygen atoms in total. The van der Waals surface area contributed by atoms with Gasteiger partial charge in [0.05, 0.1) is 6.04 Å². The van der Waals surface area contributed by atoms with Crippen molar-refractivity contribution >= 4 is 16.5 Å². The Hall–Kier alpha value is -2.35. The molecule has 0 spiro atoms. The van der Waals surface area contributed by atoms with Crippen molar-refractivity contribution in [2.24, 2.45) is 0 Å². The zero-order valence-electron chi connectivity index (χ0n) is 11.9.